The van der Waals surface area contributed by atoms with Crippen LogP contribution in [0, 0.1) is 12.7 Å². The van der Waals surface area contributed by atoms with Gasteiger partial charge < -0.3 is 10.1 Å². The minimum atomic E-state index is -0.229. The van der Waals surface area contributed by atoms with E-state index >= 15 is 0 Å². The number of halogens is 1. The van der Waals surface area contributed by atoms with Crippen molar-refractivity contribution in [1.29, 1.82) is 0 Å². The Bertz CT molecular complexity index is 622. The first-order chi connectivity index (χ1) is 10.2. The molecule has 1 saturated carbocycles. The number of hydrogen-bond donors (Lipinski definition) is 1. The normalized spacial score (nSPS) is 14.2. The lowest BCUT2D eigenvalue weighted by atomic mass is 10.1. The molecule has 1 aliphatic carbocycles. The zero-order valence-corrected chi connectivity index (χ0v) is 12.2. The van der Waals surface area contributed by atoms with Crippen LogP contribution in [0.25, 0.3) is 0 Å². The Morgan fingerprint density at radius 3 is 2.71 bits per heavy atom. The van der Waals surface area contributed by atoms with Crippen LogP contribution in [0.1, 0.15) is 29.5 Å². The van der Waals surface area contributed by atoms with E-state index in [9.17, 15) is 4.39 Å². The molecule has 0 aliphatic heterocycles. The van der Waals surface area contributed by atoms with Crippen molar-refractivity contribution in [3.8, 4) is 5.75 Å². The highest BCUT2D eigenvalue weighted by atomic mass is 19.1. The van der Waals surface area contributed by atoms with Gasteiger partial charge in [-0.05, 0) is 54.7 Å². The first kappa shape index (κ1) is 14.1. The fourth-order valence-corrected chi connectivity index (χ4v) is 2.31. The highest BCUT2D eigenvalue weighted by molar-refractivity contribution is 5.33. The van der Waals surface area contributed by atoms with E-state index in [0.29, 0.717) is 12.6 Å². The first-order valence-electron chi connectivity index (χ1n) is 7.41. The molecule has 3 rings (SSSR count). The summed E-state index contributed by atoms with van der Waals surface area (Å²) in [5.41, 5.74) is 3.23. The summed E-state index contributed by atoms with van der Waals surface area (Å²) in [6.07, 6.45) is 2.60. The van der Waals surface area contributed by atoms with Gasteiger partial charge in [-0.15, -0.1) is 0 Å². The zero-order valence-electron chi connectivity index (χ0n) is 12.2. The van der Waals surface area contributed by atoms with Crippen LogP contribution in [0.15, 0.2) is 42.5 Å². The third-order valence-electron chi connectivity index (χ3n) is 3.69. The second-order valence-corrected chi connectivity index (χ2v) is 5.67. The Labute approximate surface area is 125 Å². The van der Waals surface area contributed by atoms with Crippen LogP contribution in [0.3, 0.4) is 0 Å². The SMILES string of the molecule is Cc1cc(F)ccc1OCc1cccc(CNC2CC2)c1. The second-order valence-electron chi connectivity index (χ2n) is 5.67. The molecule has 2 aromatic rings. The van der Waals surface area contributed by atoms with Crippen molar-refractivity contribution in [3.63, 3.8) is 0 Å². The molecular formula is C18H20FNO. The standard InChI is InChI=1S/C18H20FNO/c1-13-9-16(19)5-8-18(13)21-12-15-4-2-3-14(10-15)11-20-17-6-7-17/h2-5,8-10,17,20H,6-7,11-12H2,1H3. The molecule has 0 aromatic heterocycles. The van der Waals surface area contributed by atoms with Gasteiger partial charge in [-0.25, -0.2) is 4.39 Å². The van der Waals surface area contributed by atoms with Gasteiger partial charge in [0.15, 0.2) is 0 Å². The van der Waals surface area contributed by atoms with Crippen LogP contribution >= 0.6 is 0 Å². The van der Waals surface area contributed by atoms with Crippen LogP contribution in [0.5, 0.6) is 5.75 Å². The molecule has 0 radical (unpaired) electrons. The largest absolute Gasteiger partial charge is 0.489 e. The molecule has 2 aromatic carbocycles. The quantitative estimate of drug-likeness (QED) is 0.867. The summed E-state index contributed by atoms with van der Waals surface area (Å²) in [5.74, 6) is 0.505. The lowest BCUT2D eigenvalue weighted by Crippen LogP contribution is -2.15. The Morgan fingerprint density at radius 2 is 1.95 bits per heavy atom. The molecule has 0 amide bonds. The minimum Gasteiger partial charge on any atom is -0.489 e. The average Bonchev–Trinajstić information content (AvgIpc) is 3.29. The molecule has 0 bridgehead atoms. The van der Waals surface area contributed by atoms with Gasteiger partial charge in [0.25, 0.3) is 0 Å². The maximum absolute atomic E-state index is 13.1. The lowest BCUT2D eigenvalue weighted by Gasteiger charge is -2.10. The third kappa shape index (κ3) is 4.05. The Morgan fingerprint density at radius 1 is 1.14 bits per heavy atom. The van der Waals surface area contributed by atoms with E-state index in [0.717, 1.165) is 23.4 Å². The van der Waals surface area contributed by atoms with Crippen LogP contribution in [0.2, 0.25) is 0 Å². The van der Waals surface area contributed by atoms with Gasteiger partial charge in [-0.2, -0.15) is 0 Å². The van der Waals surface area contributed by atoms with E-state index in [1.54, 1.807) is 6.07 Å². The summed E-state index contributed by atoms with van der Waals surface area (Å²) in [7, 11) is 0. The molecule has 0 unspecified atom stereocenters. The predicted octanol–water partition coefficient (Wildman–Crippen LogP) is 3.97. The summed E-state index contributed by atoms with van der Waals surface area (Å²) in [4.78, 5) is 0. The number of aryl methyl sites for hydroxylation is 1. The molecule has 2 nitrogen and oxygen atoms in total. The number of nitrogens with one attached hydrogen (secondary N) is 1. The third-order valence-corrected chi connectivity index (χ3v) is 3.69. The van der Waals surface area contributed by atoms with Gasteiger partial charge >= 0.3 is 0 Å². The molecule has 3 heteroatoms. The average molecular weight is 285 g/mol. The molecular weight excluding hydrogens is 265 g/mol. The fraction of sp³-hybridized carbons (Fsp3) is 0.333. The molecule has 1 aliphatic rings. The van der Waals surface area contributed by atoms with Gasteiger partial charge in [0, 0.05) is 12.6 Å². The topological polar surface area (TPSA) is 21.3 Å². The van der Waals surface area contributed by atoms with Crippen molar-refractivity contribution in [2.24, 2.45) is 0 Å². The summed E-state index contributed by atoms with van der Waals surface area (Å²) < 4.78 is 18.8. The summed E-state index contributed by atoms with van der Waals surface area (Å²) in [5, 5.41) is 3.51. The minimum absolute atomic E-state index is 0.229. The Hall–Kier alpha value is -1.87. The number of ether oxygens (including phenoxy) is 1. The summed E-state index contributed by atoms with van der Waals surface area (Å²) >= 11 is 0. The summed E-state index contributed by atoms with van der Waals surface area (Å²) in [6.45, 7) is 3.27. The molecule has 0 spiro atoms. The highest BCUT2D eigenvalue weighted by Gasteiger charge is 2.19. The van der Waals surface area contributed by atoms with E-state index < -0.39 is 0 Å². The van der Waals surface area contributed by atoms with Gasteiger partial charge in [-0.3, -0.25) is 0 Å². The van der Waals surface area contributed by atoms with E-state index in [1.807, 2.05) is 6.92 Å². The van der Waals surface area contributed by atoms with Crippen molar-refractivity contribution in [2.75, 3.05) is 0 Å². The molecule has 0 saturated heterocycles. The van der Waals surface area contributed by atoms with Crippen molar-refractivity contribution in [1.82, 2.24) is 5.32 Å². The van der Waals surface area contributed by atoms with Crippen LogP contribution in [-0.4, -0.2) is 6.04 Å². The van der Waals surface area contributed by atoms with Crippen molar-refractivity contribution in [3.05, 3.63) is 65.0 Å². The van der Waals surface area contributed by atoms with E-state index in [-0.39, 0.29) is 5.82 Å². The van der Waals surface area contributed by atoms with Gasteiger partial charge in [0.1, 0.15) is 18.2 Å². The molecule has 1 N–H and O–H groups in total. The number of hydrogen-bond acceptors (Lipinski definition) is 2. The van der Waals surface area contributed by atoms with Crippen LogP contribution in [-0.2, 0) is 13.2 Å². The predicted molar refractivity (Wildman–Crippen MR) is 81.8 cm³/mol. The van der Waals surface area contributed by atoms with E-state index in [4.69, 9.17) is 4.74 Å². The summed E-state index contributed by atoms with van der Waals surface area (Å²) in [6, 6.07) is 13.7. The zero-order chi connectivity index (χ0) is 14.7. The molecule has 0 heterocycles. The maximum Gasteiger partial charge on any atom is 0.123 e. The van der Waals surface area contributed by atoms with Crippen LogP contribution in [0.4, 0.5) is 4.39 Å². The smallest absolute Gasteiger partial charge is 0.123 e. The lowest BCUT2D eigenvalue weighted by molar-refractivity contribution is 0.303. The Balaban J connectivity index is 1.60. The van der Waals surface area contributed by atoms with Crippen molar-refractivity contribution < 1.29 is 9.13 Å². The number of benzene rings is 2. The molecule has 0 atom stereocenters. The van der Waals surface area contributed by atoms with Crippen LogP contribution < -0.4 is 10.1 Å². The van der Waals surface area contributed by atoms with E-state index in [1.165, 1.54) is 30.5 Å². The van der Waals surface area contributed by atoms with Gasteiger partial charge in [-0.1, -0.05) is 24.3 Å². The molecule has 110 valence electrons. The molecule has 1 fully saturated rings. The van der Waals surface area contributed by atoms with Crippen molar-refractivity contribution >= 4 is 0 Å². The highest BCUT2D eigenvalue weighted by Crippen LogP contribution is 2.21. The number of rotatable bonds is 6. The van der Waals surface area contributed by atoms with Crippen molar-refractivity contribution in [2.45, 2.75) is 39.0 Å². The fourth-order valence-electron chi connectivity index (χ4n) is 2.31. The molecule has 21 heavy (non-hydrogen) atoms. The first-order valence-corrected chi connectivity index (χ1v) is 7.41. The van der Waals surface area contributed by atoms with E-state index in [2.05, 4.69) is 29.6 Å². The van der Waals surface area contributed by atoms with Gasteiger partial charge in [0.05, 0.1) is 0 Å². The Kier molecular flexibility index (Phi) is 4.20. The monoisotopic (exact) mass is 285 g/mol. The second kappa shape index (κ2) is 6.27. The van der Waals surface area contributed by atoms with Gasteiger partial charge in [0.2, 0.25) is 0 Å². The maximum atomic E-state index is 13.1.